The highest BCUT2D eigenvalue weighted by molar-refractivity contribution is 7.91. The lowest BCUT2D eigenvalue weighted by Crippen LogP contribution is -2.15. The first-order chi connectivity index (χ1) is 18.2. The van der Waals surface area contributed by atoms with Gasteiger partial charge in [0.2, 0.25) is 0 Å². The molecule has 0 unspecified atom stereocenters. The van der Waals surface area contributed by atoms with E-state index in [4.69, 9.17) is 11.6 Å². The average Bonchev–Trinajstić information content (AvgIpc) is 3.41. The fraction of sp³-hybridized carbons (Fsp3) is 0.200. The predicted octanol–water partition coefficient (Wildman–Crippen LogP) is 3.33. The van der Waals surface area contributed by atoms with Crippen molar-refractivity contribution in [3.05, 3.63) is 75.7 Å². The van der Waals surface area contributed by atoms with Gasteiger partial charge in [0.05, 0.1) is 9.79 Å². The maximum atomic E-state index is 12.5. The Morgan fingerprint density at radius 2 is 1.30 bits per heavy atom. The van der Waals surface area contributed by atoms with Gasteiger partial charge in [-0.2, -0.15) is 31.4 Å². The van der Waals surface area contributed by atoms with Gasteiger partial charge >= 0.3 is 12.4 Å². The minimum atomic E-state index is -4.68. The first-order valence-corrected chi connectivity index (χ1v) is 14.4. The van der Waals surface area contributed by atoms with E-state index < -0.39 is 49.0 Å². The Labute approximate surface area is 225 Å². The van der Waals surface area contributed by atoms with Crippen LogP contribution in [0.15, 0.2) is 63.4 Å². The Kier molecular flexibility index (Phi) is 8.24. The summed E-state index contributed by atoms with van der Waals surface area (Å²) < 4.78 is 121. The summed E-state index contributed by atoms with van der Waals surface area (Å²) in [5.74, 6) is -0.157. The van der Waals surface area contributed by atoms with Gasteiger partial charge in [-0.15, -0.1) is 0 Å². The Morgan fingerprint density at radius 1 is 0.800 bits per heavy atom. The molecular formula is C20H15ClF6N6O5S2. The fourth-order valence-electron chi connectivity index (χ4n) is 2.81. The van der Waals surface area contributed by atoms with Crippen molar-refractivity contribution >= 4 is 31.3 Å². The number of hydrogen-bond acceptors (Lipinski definition) is 8. The summed E-state index contributed by atoms with van der Waals surface area (Å²) in [7, 11) is -6.91. The van der Waals surface area contributed by atoms with Crippen LogP contribution in [0, 0.1) is 0 Å². The van der Waals surface area contributed by atoms with Crippen molar-refractivity contribution in [3.8, 4) is 11.6 Å². The topological polar surface area (TPSA) is 150 Å². The molecule has 0 atom stereocenters. The van der Waals surface area contributed by atoms with E-state index in [1.54, 1.807) is 0 Å². The number of nitrogens with zero attached hydrogens (tertiary/aromatic N) is 5. The largest absolute Gasteiger partial charge is 0.435 e. The highest BCUT2D eigenvalue weighted by Crippen LogP contribution is 2.31. The number of rotatable bonds is 4. The molecule has 0 fully saturated rings. The van der Waals surface area contributed by atoms with E-state index in [2.05, 4.69) is 15.1 Å². The Bertz CT molecular complexity index is 1790. The minimum Gasteiger partial charge on any atom is -0.285 e. The van der Waals surface area contributed by atoms with E-state index in [1.165, 1.54) is 12.1 Å². The van der Waals surface area contributed by atoms with Gasteiger partial charge in [-0.05, 0) is 24.3 Å². The normalized spacial score (nSPS) is 12.6. The first kappa shape index (κ1) is 30.8. The lowest BCUT2D eigenvalue weighted by Gasteiger charge is -2.04. The van der Waals surface area contributed by atoms with Gasteiger partial charge in [0.15, 0.2) is 37.0 Å². The molecule has 0 bridgehead atoms. The van der Waals surface area contributed by atoms with Gasteiger partial charge in [-0.3, -0.25) is 9.89 Å². The van der Waals surface area contributed by atoms with Crippen molar-refractivity contribution in [2.45, 2.75) is 22.1 Å². The van der Waals surface area contributed by atoms with Crippen LogP contribution in [0.3, 0.4) is 0 Å². The number of alkyl halides is 6. The number of pyridine rings is 2. The second kappa shape index (κ2) is 10.7. The molecule has 20 heteroatoms. The molecule has 0 saturated carbocycles. The summed E-state index contributed by atoms with van der Waals surface area (Å²) in [5, 5.41) is 4.87. The van der Waals surface area contributed by atoms with Crippen LogP contribution in [0.2, 0.25) is 5.15 Å². The van der Waals surface area contributed by atoms with Gasteiger partial charge < -0.3 is 0 Å². The molecule has 4 aromatic rings. The maximum absolute atomic E-state index is 12.5. The lowest BCUT2D eigenvalue weighted by atomic mass is 10.4. The number of halogens is 7. The standard InChI is InChI=1S/C10H7ClF3N3O2S.C10H8F3N3O3S/c1-20(18,19)6-2-3-9(15-5-6)17-8(11)4-7(16-17)10(12,13)14;1-20(18,19)6-2-3-8(14-5-6)16-9(17)4-7(15-16)10(11,12)13/h2-5H,1H3;2-5,15H,1H3. The van der Waals surface area contributed by atoms with Crippen molar-refractivity contribution < 1.29 is 43.2 Å². The van der Waals surface area contributed by atoms with Crippen LogP contribution >= 0.6 is 11.6 Å². The smallest absolute Gasteiger partial charge is 0.285 e. The summed E-state index contributed by atoms with van der Waals surface area (Å²) in [6, 6.07) is 5.77. The summed E-state index contributed by atoms with van der Waals surface area (Å²) in [5.41, 5.74) is -3.31. The van der Waals surface area contributed by atoms with Crippen LogP contribution in [0.4, 0.5) is 26.3 Å². The van der Waals surface area contributed by atoms with E-state index >= 15 is 0 Å². The Morgan fingerprint density at radius 3 is 1.65 bits per heavy atom. The molecule has 0 aliphatic rings. The molecule has 40 heavy (non-hydrogen) atoms. The van der Waals surface area contributed by atoms with E-state index in [0.29, 0.717) is 16.8 Å². The summed E-state index contributed by atoms with van der Waals surface area (Å²) in [4.78, 5) is 18.7. The quantitative estimate of drug-likeness (QED) is 0.337. The number of sulfone groups is 2. The van der Waals surface area contributed by atoms with Crippen LogP contribution in [-0.2, 0) is 32.0 Å². The molecule has 0 saturated heterocycles. The number of H-pyrrole nitrogens is 1. The second-order valence-electron chi connectivity index (χ2n) is 7.85. The van der Waals surface area contributed by atoms with Gasteiger partial charge in [-0.1, -0.05) is 11.6 Å². The van der Waals surface area contributed by atoms with Crippen LogP contribution in [-0.4, -0.2) is 58.9 Å². The molecule has 4 aromatic heterocycles. The Hall–Kier alpha value is -3.71. The molecular weight excluding hydrogens is 618 g/mol. The zero-order valence-electron chi connectivity index (χ0n) is 19.9. The molecule has 4 rings (SSSR count). The summed E-state index contributed by atoms with van der Waals surface area (Å²) in [6.45, 7) is 0. The van der Waals surface area contributed by atoms with E-state index in [9.17, 15) is 48.0 Å². The monoisotopic (exact) mass is 632 g/mol. The van der Waals surface area contributed by atoms with Gasteiger partial charge in [0, 0.05) is 37.0 Å². The third kappa shape index (κ3) is 7.27. The highest BCUT2D eigenvalue weighted by atomic mass is 35.5. The van der Waals surface area contributed by atoms with Crippen LogP contribution < -0.4 is 5.56 Å². The van der Waals surface area contributed by atoms with Crippen LogP contribution in [0.1, 0.15) is 11.4 Å². The van der Waals surface area contributed by atoms with Gasteiger partial charge in [-0.25, -0.2) is 36.2 Å². The predicted molar refractivity (Wildman–Crippen MR) is 127 cm³/mol. The molecule has 0 aliphatic heterocycles. The Balaban J connectivity index is 0.000000220. The van der Waals surface area contributed by atoms with Crippen molar-refractivity contribution in [3.63, 3.8) is 0 Å². The molecule has 0 aromatic carbocycles. The fourth-order valence-corrected chi connectivity index (χ4v) is 4.16. The van der Waals surface area contributed by atoms with E-state index in [-0.39, 0.29) is 26.6 Å². The molecule has 0 aliphatic carbocycles. The third-order valence-electron chi connectivity index (χ3n) is 4.73. The minimum absolute atomic E-state index is 0.0158. The van der Waals surface area contributed by atoms with E-state index in [0.717, 1.165) is 41.7 Å². The van der Waals surface area contributed by atoms with Crippen molar-refractivity contribution in [2.24, 2.45) is 0 Å². The second-order valence-corrected chi connectivity index (χ2v) is 12.3. The number of nitrogens with one attached hydrogen (secondary N) is 1. The summed E-state index contributed by atoms with van der Waals surface area (Å²) in [6.07, 6.45) is -5.36. The van der Waals surface area contributed by atoms with Crippen LogP contribution in [0.5, 0.6) is 0 Å². The van der Waals surface area contributed by atoms with E-state index in [1.807, 2.05) is 5.10 Å². The van der Waals surface area contributed by atoms with Crippen molar-refractivity contribution in [2.75, 3.05) is 12.5 Å². The van der Waals surface area contributed by atoms with Crippen LogP contribution in [0.25, 0.3) is 11.6 Å². The molecule has 0 amide bonds. The number of aromatic amines is 1. The molecule has 11 nitrogen and oxygen atoms in total. The molecule has 0 spiro atoms. The SMILES string of the molecule is CS(=O)(=O)c1ccc(-n2[nH]c(C(F)(F)F)cc2=O)nc1.CS(=O)(=O)c1ccc(-n2nc(C(F)(F)F)cc2Cl)nc1. The summed E-state index contributed by atoms with van der Waals surface area (Å²) >= 11 is 5.66. The first-order valence-electron chi connectivity index (χ1n) is 10.2. The van der Waals surface area contributed by atoms with Crippen molar-refractivity contribution in [1.29, 1.82) is 0 Å². The molecule has 1 N–H and O–H groups in total. The zero-order chi connectivity index (χ0) is 30.3. The lowest BCUT2D eigenvalue weighted by molar-refractivity contribution is -0.142. The highest BCUT2D eigenvalue weighted by Gasteiger charge is 2.35. The molecule has 0 radical (unpaired) electrons. The van der Waals surface area contributed by atoms with Gasteiger partial charge in [0.25, 0.3) is 5.56 Å². The average molecular weight is 633 g/mol. The number of aromatic nitrogens is 6. The van der Waals surface area contributed by atoms with Crippen molar-refractivity contribution in [1.82, 2.24) is 29.5 Å². The number of hydrogen-bond donors (Lipinski definition) is 1. The maximum Gasteiger partial charge on any atom is 0.435 e. The zero-order valence-corrected chi connectivity index (χ0v) is 22.2. The molecule has 216 valence electrons. The van der Waals surface area contributed by atoms with Gasteiger partial charge in [0.1, 0.15) is 10.8 Å². The third-order valence-corrected chi connectivity index (χ3v) is 7.19. The molecule has 4 heterocycles.